The van der Waals surface area contributed by atoms with Gasteiger partial charge in [-0.15, -0.1) is 0 Å². The Labute approximate surface area is 73.9 Å². The number of rotatable bonds is 1. The van der Waals surface area contributed by atoms with E-state index in [2.05, 4.69) is 0 Å². The highest BCUT2D eigenvalue weighted by molar-refractivity contribution is 5.27. The molecular formula is C8H9F2NO2. The maximum Gasteiger partial charge on any atom is 0.283 e. The molecule has 0 saturated heterocycles. The van der Waals surface area contributed by atoms with Gasteiger partial charge in [0.1, 0.15) is 5.83 Å². The molecule has 0 heterocycles. The van der Waals surface area contributed by atoms with E-state index in [0.29, 0.717) is 0 Å². The lowest BCUT2D eigenvalue weighted by atomic mass is 9.85. The van der Waals surface area contributed by atoms with Gasteiger partial charge in [-0.25, -0.2) is 8.78 Å². The summed E-state index contributed by atoms with van der Waals surface area (Å²) in [5, 5.41) is 10.4. The van der Waals surface area contributed by atoms with Crippen LogP contribution >= 0.6 is 0 Å². The van der Waals surface area contributed by atoms with E-state index < -0.39 is 28.0 Å². The fourth-order valence-electron chi connectivity index (χ4n) is 1.19. The first-order valence-corrected chi connectivity index (χ1v) is 3.78. The number of allylic oxidation sites excluding steroid dienone is 4. The van der Waals surface area contributed by atoms with Crippen molar-refractivity contribution in [1.29, 1.82) is 0 Å². The zero-order valence-electron chi connectivity index (χ0n) is 7.25. The molecule has 1 aliphatic carbocycles. The number of hydrogen-bond acceptors (Lipinski definition) is 2. The van der Waals surface area contributed by atoms with Crippen LogP contribution in [0.15, 0.2) is 23.7 Å². The Balaban J connectivity index is 3.16. The zero-order valence-corrected chi connectivity index (χ0v) is 7.25. The van der Waals surface area contributed by atoms with Gasteiger partial charge in [-0.05, 0) is 13.0 Å². The normalized spacial score (nSPS) is 33.7. The van der Waals surface area contributed by atoms with Crippen LogP contribution in [0.4, 0.5) is 8.78 Å². The Morgan fingerprint density at radius 1 is 1.62 bits per heavy atom. The summed E-state index contributed by atoms with van der Waals surface area (Å²) >= 11 is 0. The van der Waals surface area contributed by atoms with Gasteiger partial charge >= 0.3 is 0 Å². The van der Waals surface area contributed by atoms with Crippen LogP contribution in [0.3, 0.4) is 0 Å². The molecule has 0 N–H and O–H groups in total. The van der Waals surface area contributed by atoms with Crippen molar-refractivity contribution in [2.45, 2.75) is 19.5 Å². The molecule has 0 radical (unpaired) electrons. The number of nitro groups is 1. The highest BCUT2D eigenvalue weighted by Gasteiger charge is 2.47. The van der Waals surface area contributed by atoms with Crippen LogP contribution < -0.4 is 0 Å². The third-order valence-corrected chi connectivity index (χ3v) is 2.32. The Kier molecular flexibility index (Phi) is 2.19. The van der Waals surface area contributed by atoms with Crippen LogP contribution in [0, 0.1) is 16.0 Å². The summed E-state index contributed by atoms with van der Waals surface area (Å²) in [4.78, 5) is 9.55. The van der Waals surface area contributed by atoms with Crippen molar-refractivity contribution in [3.63, 3.8) is 0 Å². The van der Waals surface area contributed by atoms with Gasteiger partial charge in [-0.3, -0.25) is 10.1 Å². The number of hydrogen-bond donors (Lipinski definition) is 0. The molecule has 0 aliphatic heterocycles. The van der Waals surface area contributed by atoms with Gasteiger partial charge in [0.05, 0.1) is 10.8 Å². The summed E-state index contributed by atoms with van der Waals surface area (Å²) in [6.07, 6.45) is 1.81. The molecule has 3 nitrogen and oxygen atoms in total. The molecule has 1 rings (SSSR count). The van der Waals surface area contributed by atoms with E-state index in [1.165, 1.54) is 6.92 Å². The lowest BCUT2D eigenvalue weighted by Crippen LogP contribution is -2.35. The second kappa shape index (κ2) is 2.90. The first-order valence-electron chi connectivity index (χ1n) is 3.78. The van der Waals surface area contributed by atoms with Crippen LogP contribution in [-0.4, -0.2) is 10.6 Å². The van der Waals surface area contributed by atoms with E-state index >= 15 is 0 Å². The highest BCUT2D eigenvalue weighted by Crippen LogP contribution is 2.38. The zero-order chi connectivity index (χ0) is 10.2. The summed E-state index contributed by atoms with van der Waals surface area (Å²) in [7, 11) is 0. The Bertz CT molecular complexity index is 307. The Morgan fingerprint density at radius 2 is 2.15 bits per heavy atom. The SMILES string of the molecule is CC1C(F)=CC=C([N+](=O)[O-])C1(C)F. The molecule has 5 heteroatoms. The molecular weight excluding hydrogens is 180 g/mol. The first-order chi connectivity index (χ1) is 5.87. The lowest BCUT2D eigenvalue weighted by Gasteiger charge is -2.25. The molecule has 0 spiro atoms. The van der Waals surface area contributed by atoms with Crippen molar-refractivity contribution >= 4 is 0 Å². The Hall–Kier alpha value is -1.26. The minimum Gasteiger partial charge on any atom is -0.259 e. The maximum atomic E-state index is 13.6. The van der Waals surface area contributed by atoms with E-state index in [0.717, 1.165) is 19.1 Å². The lowest BCUT2D eigenvalue weighted by molar-refractivity contribution is -0.442. The third kappa shape index (κ3) is 1.46. The largest absolute Gasteiger partial charge is 0.283 e. The molecule has 0 saturated carbocycles. The van der Waals surface area contributed by atoms with Crippen molar-refractivity contribution in [3.05, 3.63) is 33.8 Å². The molecule has 2 atom stereocenters. The standard InChI is InChI=1S/C8H9F2NO2/c1-5-6(9)3-4-7(11(12)13)8(5,2)10/h3-5H,1-2H3. The smallest absolute Gasteiger partial charge is 0.259 e. The summed E-state index contributed by atoms with van der Waals surface area (Å²) in [6.45, 7) is 2.29. The fourth-order valence-corrected chi connectivity index (χ4v) is 1.19. The van der Waals surface area contributed by atoms with Crippen LogP contribution in [0.2, 0.25) is 0 Å². The number of alkyl halides is 1. The molecule has 72 valence electrons. The molecule has 13 heavy (non-hydrogen) atoms. The number of nitrogens with zero attached hydrogens (tertiary/aromatic N) is 1. The van der Waals surface area contributed by atoms with Gasteiger partial charge in [0.15, 0.2) is 0 Å². The molecule has 2 unspecified atom stereocenters. The van der Waals surface area contributed by atoms with E-state index in [9.17, 15) is 18.9 Å². The first kappa shape index (κ1) is 9.83. The van der Waals surface area contributed by atoms with Crippen molar-refractivity contribution in [2.24, 2.45) is 5.92 Å². The van der Waals surface area contributed by atoms with Crippen LogP contribution in [0.1, 0.15) is 13.8 Å². The van der Waals surface area contributed by atoms with Gasteiger partial charge in [-0.2, -0.15) is 0 Å². The van der Waals surface area contributed by atoms with E-state index in [-0.39, 0.29) is 0 Å². The van der Waals surface area contributed by atoms with Gasteiger partial charge in [0, 0.05) is 6.08 Å². The van der Waals surface area contributed by atoms with Crippen molar-refractivity contribution in [2.75, 3.05) is 0 Å². The second-order valence-electron chi connectivity index (χ2n) is 3.16. The Morgan fingerprint density at radius 3 is 2.62 bits per heavy atom. The van der Waals surface area contributed by atoms with E-state index in [4.69, 9.17) is 0 Å². The second-order valence-corrected chi connectivity index (χ2v) is 3.16. The fraction of sp³-hybridized carbons (Fsp3) is 0.500. The molecule has 1 aliphatic rings. The third-order valence-electron chi connectivity index (χ3n) is 2.32. The monoisotopic (exact) mass is 189 g/mol. The predicted octanol–water partition coefficient (Wildman–Crippen LogP) is 2.38. The van der Waals surface area contributed by atoms with Crippen LogP contribution in [-0.2, 0) is 0 Å². The summed E-state index contributed by atoms with van der Waals surface area (Å²) < 4.78 is 26.5. The minimum atomic E-state index is -2.23. The van der Waals surface area contributed by atoms with Gasteiger partial charge in [0.2, 0.25) is 5.67 Å². The summed E-state index contributed by atoms with van der Waals surface area (Å²) in [5.74, 6) is -1.77. The van der Waals surface area contributed by atoms with Gasteiger partial charge in [-0.1, -0.05) is 6.92 Å². The maximum absolute atomic E-state index is 13.6. The average molecular weight is 189 g/mol. The topological polar surface area (TPSA) is 43.1 Å². The molecule has 0 aromatic heterocycles. The predicted molar refractivity (Wildman–Crippen MR) is 42.9 cm³/mol. The average Bonchev–Trinajstić information content (AvgIpc) is 1.99. The van der Waals surface area contributed by atoms with E-state index in [1.807, 2.05) is 0 Å². The molecule has 0 amide bonds. The van der Waals surface area contributed by atoms with E-state index in [1.54, 1.807) is 0 Å². The summed E-state index contributed by atoms with van der Waals surface area (Å²) in [6, 6.07) is 0. The molecule has 0 fully saturated rings. The van der Waals surface area contributed by atoms with Gasteiger partial charge in [0.25, 0.3) is 5.70 Å². The minimum absolute atomic E-state index is 0.596. The van der Waals surface area contributed by atoms with Crippen LogP contribution in [0.5, 0.6) is 0 Å². The van der Waals surface area contributed by atoms with Crippen LogP contribution in [0.25, 0.3) is 0 Å². The van der Waals surface area contributed by atoms with Crippen molar-refractivity contribution < 1.29 is 13.7 Å². The summed E-state index contributed by atoms with van der Waals surface area (Å²) in [5.41, 5.74) is -2.83. The highest BCUT2D eigenvalue weighted by atomic mass is 19.2. The molecule has 0 aromatic rings. The number of halogens is 2. The van der Waals surface area contributed by atoms with Crippen molar-refractivity contribution in [3.8, 4) is 0 Å². The quantitative estimate of drug-likeness (QED) is 0.469. The van der Waals surface area contributed by atoms with Gasteiger partial charge < -0.3 is 0 Å². The van der Waals surface area contributed by atoms with Crippen molar-refractivity contribution in [1.82, 2.24) is 0 Å². The molecule has 0 aromatic carbocycles. The molecule has 0 bridgehead atoms.